The van der Waals surface area contributed by atoms with E-state index in [9.17, 15) is 18.0 Å². The summed E-state index contributed by atoms with van der Waals surface area (Å²) < 4.78 is 40.1. The molecule has 0 aliphatic heterocycles. The lowest BCUT2D eigenvalue weighted by molar-refractivity contribution is -0.137. The number of pyridine rings is 1. The predicted molar refractivity (Wildman–Crippen MR) is 81.4 cm³/mol. The SMILES string of the molecule is CCCCN(C)C(=O)c1c(CC)nc2ccc(C(F)(F)F)cn12. The van der Waals surface area contributed by atoms with Crippen LogP contribution in [0, 0.1) is 0 Å². The molecule has 0 saturated heterocycles. The molecule has 0 unspecified atom stereocenters. The van der Waals surface area contributed by atoms with Crippen LogP contribution in [-0.2, 0) is 12.6 Å². The summed E-state index contributed by atoms with van der Waals surface area (Å²) in [6, 6.07) is 2.28. The minimum Gasteiger partial charge on any atom is -0.340 e. The Hall–Kier alpha value is -2.05. The fourth-order valence-electron chi connectivity index (χ4n) is 2.41. The summed E-state index contributed by atoms with van der Waals surface area (Å²) in [7, 11) is 1.66. The van der Waals surface area contributed by atoms with E-state index in [4.69, 9.17) is 0 Å². The van der Waals surface area contributed by atoms with Gasteiger partial charge in [0.1, 0.15) is 11.3 Å². The first-order chi connectivity index (χ1) is 10.8. The van der Waals surface area contributed by atoms with Gasteiger partial charge in [-0.1, -0.05) is 20.3 Å². The molecule has 0 saturated carbocycles. The second-order valence-electron chi connectivity index (χ2n) is 5.48. The first kappa shape index (κ1) is 17.3. The third-order valence-corrected chi connectivity index (χ3v) is 3.75. The molecule has 0 radical (unpaired) electrons. The molecule has 1 amide bonds. The number of hydrogen-bond donors (Lipinski definition) is 0. The molecule has 0 spiro atoms. The normalized spacial score (nSPS) is 11.9. The molecule has 0 fully saturated rings. The van der Waals surface area contributed by atoms with Gasteiger partial charge in [0.25, 0.3) is 5.91 Å². The fourth-order valence-corrected chi connectivity index (χ4v) is 2.41. The molecule has 7 heteroatoms. The number of amides is 1. The highest BCUT2D eigenvalue weighted by Gasteiger charge is 2.32. The maximum atomic E-state index is 12.9. The van der Waals surface area contributed by atoms with Gasteiger partial charge in [-0.3, -0.25) is 9.20 Å². The van der Waals surface area contributed by atoms with E-state index in [1.165, 1.54) is 15.4 Å². The van der Waals surface area contributed by atoms with Crippen molar-refractivity contribution >= 4 is 11.6 Å². The van der Waals surface area contributed by atoms with Crippen LogP contribution in [0.25, 0.3) is 5.65 Å². The summed E-state index contributed by atoms with van der Waals surface area (Å²) in [5, 5.41) is 0. The number of imidazole rings is 1. The Kier molecular flexibility index (Phi) is 4.97. The molecule has 126 valence electrons. The zero-order chi connectivity index (χ0) is 17.2. The minimum absolute atomic E-state index is 0.215. The van der Waals surface area contributed by atoms with Crippen molar-refractivity contribution in [3.8, 4) is 0 Å². The fraction of sp³-hybridized carbons (Fsp3) is 0.500. The molecule has 0 bridgehead atoms. The summed E-state index contributed by atoms with van der Waals surface area (Å²) in [4.78, 5) is 18.5. The minimum atomic E-state index is -4.46. The summed E-state index contributed by atoms with van der Waals surface area (Å²) in [5.74, 6) is -0.304. The van der Waals surface area contributed by atoms with Crippen LogP contribution in [0.5, 0.6) is 0 Å². The van der Waals surface area contributed by atoms with Gasteiger partial charge in [0, 0.05) is 19.8 Å². The van der Waals surface area contributed by atoms with Gasteiger partial charge in [0.2, 0.25) is 0 Å². The molecule has 0 atom stereocenters. The van der Waals surface area contributed by atoms with Crippen LogP contribution in [0.1, 0.15) is 48.4 Å². The number of fused-ring (bicyclic) bond motifs is 1. The number of nitrogens with zero attached hydrogens (tertiary/aromatic N) is 3. The van der Waals surface area contributed by atoms with E-state index >= 15 is 0 Å². The molecule has 2 heterocycles. The van der Waals surface area contributed by atoms with E-state index in [1.54, 1.807) is 7.05 Å². The van der Waals surface area contributed by atoms with Gasteiger partial charge in [-0.2, -0.15) is 13.2 Å². The number of halogens is 3. The van der Waals surface area contributed by atoms with Gasteiger partial charge >= 0.3 is 6.18 Å². The Bertz CT molecular complexity index is 706. The largest absolute Gasteiger partial charge is 0.417 e. The predicted octanol–water partition coefficient (Wildman–Crippen LogP) is 3.79. The maximum Gasteiger partial charge on any atom is 0.417 e. The van der Waals surface area contributed by atoms with E-state index in [0.29, 0.717) is 24.3 Å². The second kappa shape index (κ2) is 6.60. The van der Waals surface area contributed by atoms with Gasteiger partial charge < -0.3 is 4.90 Å². The Labute approximate surface area is 132 Å². The van der Waals surface area contributed by atoms with Crippen molar-refractivity contribution in [1.29, 1.82) is 0 Å². The molecule has 0 N–H and O–H groups in total. The first-order valence-corrected chi connectivity index (χ1v) is 7.63. The highest BCUT2D eigenvalue weighted by Crippen LogP contribution is 2.30. The summed E-state index contributed by atoms with van der Waals surface area (Å²) in [6.45, 7) is 4.40. The monoisotopic (exact) mass is 327 g/mol. The Balaban J connectivity index is 2.53. The van der Waals surface area contributed by atoms with Crippen molar-refractivity contribution in [2.45, 2.75) is 39.3 Å². The van der Waals surface area contributed by atoms with Gasteiger partial charge in [0.15, 0.2) is 0 Å². The Morgan fingerprint density at radius 2 is 2.00 bits per heavy atom. The first-order valence-electron chi connectivity index (χ1n) is 7.63. The van der Waals surface area contributed by atoms with Gasteiger partial charge in [-0.05, 0) is 25.0 Å². The molecule has 0 aliphatic rings. The third-order valence-electron chi connectivity index (χ3n) is 3.75. The van der Waals surface area contributed by atoms with Crippen LogP contribution in [0.15, 0.2) is 18.3 Å². The van der Waals surface area contributed by atoms with Crippen LogP contribution < -0.4 is 0 Å². The lowest BCUT2D eigenvalue weighted by atomic mass is 10.2. The highest BCUT2D eigenvalue weighted by atomic mass is 19.4. The van der Waals surface area contributed by atoms with E-state index in [2.05, 4.69) is 4.98 Å². The van der Waals surface area contributed by atoms with Crippen molar-refractivity contribution in [3.63, 3.8) is 0 Å². The van der Waals surface area contributed by atoms with E-state index in [-0.39, 0.29) is 11.6 Å². The zero-order valence-corrected chi connectivity index (χ0v) is 13.4. The van der Waals surface area contributed by atoms with Crippen LogP contribution in [-0.4, -0.2) is 33.8 Å². The zero-order valence-electron chi connectivity index (χ0n) is 13.4. The van der Waals surface area contributed by atoms with Gasteiger partial charge in [-0.25, -0.2) is 4.98 Å². The average Bonchev–Trinajstić information content (AvgIpc) is 2.88. The van der Waals surface area contributed by atoms with Crippen LogP contribution in [0.3, 0.4) is 0 Å². The lowest BCUT2D eigenvalue weighted by Gasteiger charge is -2.17. The topological polar surface area (TPSA) is 37.6 Å². The quantitative estimate of drug-likeness (QED) is 0.838. The number of aromatic nitrogens is 2. The van der Waals surface area contributed by atoms with Crippen LogP contribution in [0.4, 0.5) is 13.2 Å². The molecule has 2 aromatic rings. The number of rotatable bonds is 5. The number of unbranched alkanes of at least 4 members (excludes halogenated alkanes) is 1. The van der Waals surface area contributed by atoms with Crippen molar-refractivity contribution in [2.75, 3.05) is 13.6 Å². The van der Waals surface area contributed by atoms with E-state index in [1.807, 2.05) is 13.8 Å². The standard InChI is InChI=1S/C16H20F3N3O/c1-4-6-9-21(3)15(23)14-12(5-2)20-13-8-7-11(10-22(13)14)16(17,18)19/h7-8,10H,4-6,9H2,1-3H3. The molecule has 0 aromatic carbocycles. The Morgan fingerprint density at radius 3 is 2.57 bits per heavy atom. The number of carbonyl (C=O) groups excluding carboxylic acids is 1. The van der Waals surface area contributed by atoms with Crippen molar-refractivity contribution in [1.82, 2.24) is 14.3 Å². The maximum absolute atomic E-state index is 12.9. The summed E-state index contributed by atoms with van der Waals surface area (Å²) >= 11 is 0. The summed E-state index contributed by atoms with van der Waals surface area (Å²) in [6.07, 6.45) is -1.26. The molecule has 0 aliphatic carbocycles. The van der Waals surface area contributed by atoms with Crippen molar-refractivity contribution in [2.24, 2.45) is 0 Å². The number of carbonyl (C=O) groups is 1. The lowest BCUT2D eigenvalue weighted by Crippen LogP contribution is -2.29. The van der Waals surface area contributed by atoms with Crippen LogP contribution in [0.2, 0.25) is 0 Å². The van der Waals surface area contributed by atoms with Gasteiger partial charge in [0.05, 0.1) is 11.3 Å². The van der Waals surface area contributed by atoms with Gasteiger partial charge in [-0.15, -0.1) is 0 Å². The van der Waals surface area contributed by atoms with E-state index < -0.39 is 11.7 Å². The highest BCUT2D eigenvalue weighted by molar-refractivity contribution is 5.94. The van der Waals surface area contributed by atoms with Crippen LogP contribution >= 0.6 is 0 Å². The molecule has 2 rings (SSSR count). The molecular formula is C16H20F3N3O. The molecule has 2 aromatic heterocycles. The smallest absolute Gasteiger partial charge is 0.340 e. The molecule has 23 heavy (non-hydrogen) atoms. The van der Waals surface area contributed by atoms with Crippen molar-refractivity contribution in [3.05, 3.63) is 35.3 Å². The summed E-state index contributed by atoms with van der Waals surface area (Å²) in [5.41, 5.74) is 0.280. The third kappa shape index (κ3) is 3.48. The van der Waals surface area contributed by atoms with Crippen molar-refractivity contribution < 1.29 is 18.0 Å². The number of aryl methyl sites for hydroxylation is 1. The number of alkyl halides is 3. The molecule has 4 nitrogen and oxygen atoms in total. The van der Waals surface area contributed by atoms with E-state index in [0.717, 1.165) is 25.1 Å². The number of hydrogen-bond acceptors (Lipinski definition) is 2. The molecular weight excluding hydrogens is 307 g/mol. The average molecular weight is 327 g/mol. The Morgan fingerprint density at radius 1 is 1.30 bits per heavy atom. The second-order valence-corrected chi connectivity index (χ2v) is 5.48.